The van der Waals surface area contributed by atoms with Gasteiger partial charge in [0.1, 0.15) is 4.90 Å². The first-order valence-corrected chi connectivity index (χ1v) is 7.60. The van der Waals surface area contributed by atoms with Crippen molar-refractivity contribution in [2.75, 3.05) is 0 Å². The molecule has 0 saturated heterocycles. The fourth-order valence-corrected chi connectivity index (χ4v) is 5.94. The predicted molar refractivity (Wildman–Crippen MR) is 62.6 cm³/mol. The monoisotopic (exact) mass is 410 g/mol. The second kappa shape index (κ2) is 4.18. The molecule has 0 amide bonds. The Labute approximate surface area is 105 Å². The summed E-state index contributed by atoms with van der Waals surface area (Å²) in [5.74, 6) is 0. The Morgan fingerprint density at radius 2 is 1.46 bits per heavy atom. The lowest BCUT2D eigenvalue weighted by Gasteiger charge is -2.03. The highest BCUT2D eigenvalue weighted by atomic mass is 79.9. The van der Waals surface area contributed by atoms with Crippen LogP contribution < -0.4 is 0 Å². The molecule has 0 spiro atoms. The minimum absolute atomic E-state index is 0.0392. The van der Waals surface area contributed by atoms with Crippen molar-refractivity contribution in [3.8, 4) is 0 Å². The highest BCUT2D eigenvalue weighted by Gasteiger charge is 2.18. The second-order valence-electron chi connectivity index (χ2n) is 2.14. The van der Waals surface area contributed by atoms with E-state index < -0.39 is 9.05 Å². The van der Waals surface area contributed by atoms with E-state index in [1.165, 1.54) is 0 Å². The van der Waals surface area contributed by atoms with Gasteiger partial charge in [0.15, 0.2) is 0 Å². The Morgan fingerprint density at radius 3 is 1.77 bits per heavy atom. The van der Waals surface area contributed by atoms with E-state index in [0.29, 0.717) is 8.95 Å². The van der Waals surface area contributed by atoms with Crippen molar-refractivity contribution in [1.29, 1.82) is 0 Å². The Kier molecular flexibility index (Phi) is 3.85. The van der Waals surface area contributed by atoms with Crippen LogP contribution in [0.25, 0.3) is 0 Å². The van der Waals surface area contributed by atoms with Crippen LogP contribution in [0.3, 0.4) is 0 Å². The van der Waals surface area contributed by atoms with Gasteiger partial charge in [-0.25, -0.2) is 8.42 Å². The molecule has 0 aliphatic carbocycles. The van der Waals surface area contributed by atoms with Crippen molar-refractivity contribution in [3.63, 3.8) is 0 Å². The van der Waals surface area contributed by atoms with E-state index in [-0.39, 0.29) is 4.90 Å². The van der Waals surface area contributed by atoms with Crippen molar-refractivity contribution in [1.82, 2.24) is 0 Å². The molecule has 0 heterocycles. The molecule has 72 valence electrons. The molecule has 2 nitrogen and oxygen atoms in total. The molecular formula is C6H2Br3ClO2S. The molecule has 0 unspecified atom stereocenters. The lowest BCUT2D eigenvalue weighted by atomic mass is 10.4. The maximum atomic E-state index is 11.1. The summed E-state index contributed by atoms with van der Waals surface area (Å²) in [5, 5.41) is 0. The summed E-state index contributed by atoms with van der Waals surface area (Å²) in [5.41, 5.74) is 0. The highest BCUT2D eigenvalue weighted by Crippen LogP contribution is 2.35. The summed E-state index contributed by atoms with van der Waals surface area (Å²) < 4.78 is 23.8. The van der Waals surface area contributed by atoms with Gasteiger partial charge in [0, 0.05) is 24.1 Å². The third-order valence-corrected chi connectivity index (χ3v) is 4.83. The molecule has 7 heteroatoms. The predicted octanol–water partition coefficient (Wildman–Crippen LogP) is 3.90. The molecule has 0 aromatic heterocycles. The average Bonchev–Trinajstić information content (AvgIpc) is 1.78. The molecule has 0 fully saturated rings. The van der Waals surface area contributed by atoms with Gasteiger partial charge in [-0.1, -0.05) is 15.9 Å². The fourth-order valence-electron chi connectivity index (χ4n) is 0.762. The molecule has 0 saturated carbocycles. The molecule has 0 aliphatic rings. The third kappa shape index (κ3) is 2.92. The van der Waals surface area contributed by atoms with E-state index in [2.05, 4.69) is 47.8 Å². The zero-order valence-electron chi connectivity index (χ0n) is 5.89. The van der Waals surface area contributed by atoms with E-state index in [1.807, 2.05) is 0 Å². The van der Waals surface area contributed by atoms with Gasteiger partial charge >= 0.3 is 0 Å². The molecular weight excluding hydrogens is 411 g/mol. The summed E-state index contributed by atoms with van der Waals surface area (Å²) in [6.45, 7) is 0. The number of hydrogen-bond acceptors (Lipinski definition) is 2. The Bertz CT molecular complexity index is 420. The Balaban J connectivity index is 3.57. The smallest absolute Gasteiger partial charge is 0.207 e. The number of hydrogen-bond donors (Lipinski definition) is 0. The van der Waals surface area contributed by atoms with Gasteiger partial charge in [0.05, 0.1) is 0 Å². The summed E-state index contributed by atoms with van der Waals surface area (Å²) in [4.78, 5) is 0.0392. The summed E-state index contributed by atoms with van der Waals surface area (Å²) in [6, 6.07) is 3.22. The minimum Gasteiger partial charge on any atom is -0.207 e. The quantitative estimate of drug-likeness (QED) is 0.655. The number of benzene rings is 1. The van der Waals surface area contributed by atoms with Gasteiger partial charge < -0.3 is 0 Å². The average molecular weight is 413 g/mol. The Morgan fingerprint density at radius 1 is 1.08 bits per heavy atom. The van der Waals surface area contributed by atoms with Gasteiger partial charge in [0.2, 0.25) is 0 Å². The van der Waals surface area contributed by atoms with Crippen LogP contribution in [0.4, 0.5) is 0 Å². The molecule has 0 bridgehead atoms. The maximum Gasteiger partial charge on any atom is 0.263 e. The van der Waals surface area contributed by atoms with Crippen molar-refractivity contribution in [2.24, 2.45) is 0 Å². The van der Waals surface area contributed by atoms with Crippen molar-refractivity contribution in [2.45, 2.75) is 4.90 Å². The van der Waals surface area contributed by atoms with E-state index >= 15 is 0 Å². The molecule has 0 atom stereocenters. The molecule has 13 heavy (non-hydrogen) atoms. The lowest BCUT2D eigenvalue weighted by Crippen LogP contribution is -1.93. The van der Waals surface area contributed by atoms with Crippen molar-refractivity contribution in [3.05, 3.63) is 25.6 Å². The van der Waals surface area contributed by atoms with Gasteiger partial charge in [-0.3, -0.25) is 0 Å². The fraction of sp³-hybridized carbons (Fsp3) is 0. The van der Waals surface area contributed by atoms with Gasteiger partial charge in [-0.15, -0.1) is 0 Å². The highest BCUT2D eigenvalue weighted by molar-refractivity contribution is 9.11. The minimum atomic E-state index is -3.72. The number of rotatable bonds is 1. The zero-order valence-corrected chi connectivity index (χ0v) is 12.2. The van der Waals surface area contributed by atoms with Crippen LogP contribution >= 0.6 is 58.5 Å². The lowest BCUT2D eigenvalue weighted by molar-refractivity contribution is 0.608. The largest absolute Gasteiger partial charge is 0.263 e. The van der Waals surface area contributed by atoms with Gasteiger partial charge in [-0.2, -0.15) is 0 Å². The van der Waals surface area contributed by atoms with E-state index in [4.69, 9.17) is 10.7 Å². The summed E-state index contributed by atoms with van der Waals surface area (Å²) in [6.07, 6.45) is 0. The van der Waals surface area contributed by atoms with E-state index in [9.17, 15) is 8.42 Å². The third-order valence-electron chi connectivity index (χ3n) is 1.21. The van der Waals surface area contributed by atoms with Crippen molar-refractivity contribution < 1.29 is 8.42 Å². The molecule has 1 rings (SSSR count). The van der Waals surface area contributed by atoms with Crippen molar-refractivity contribution >= 4 is 67.5 Å². The molecule has 1 aromatic rings. The molecule has 1 aromatic carbocycles. The van der Waals surface area contributed by atoms with Crippen LogP contribution in [0.2, 0.25) is 0 Å². The topological polar surface area (TPSA) is 34.1 Å². The van der Waals surface area contributed by atoms with Gasteiger partial charge in [0.25, 0.3) is 9.05 Å². The normalized spacial score (nSPS) is 11.7. The van der Waals surface area contributed by atoms with Crippen LogP contribution in [-0.2, 0) is 9.05 Å². The summed E-state index contributed by atoms with van der Waals surface area (Å²) in [7, 11) is 1.50. The second-order valence-corrected chi connectivity index (χ2v) is 7.26. The van der Waals surface area contributed by atoms with Crippen LogP contribution in [0.1, 0.15) is 0 Å². The molecule has 0 radical (unpaired) electrons. The van der Waals surface area contributed by atoms with Gasteiger partial charge in [-0.05, 0) is 44.0 Å². The first-order chi connectivity index (χ1) is 5.82. The first-order valence-electron chi connectivity index (χ1n) is 2.91. The SMILES string of the molecule is O=S(=O)(Cl)c1c(Br)cc(Br)cc1Br. The first kappa shape index (κ1) is 12.0. The standard InChI is InChI=1S/C6H2Br3ClO2S/c7-3-1-4(8)6(5(9)2-3)13(10,11)12/h1-2H. The molecule has 0 N–H and O–H groups in total. The summed E-state index contributed by atoms with van der Waals surface area (Å²) >= 11 is 9.44. The van der Waals surface area contributed by atoms with E-state index in [0.717, 1.165) is 4.47 Å². The van der Waals surface area contributed by atoms with E-state index in [1.54, 1.807) is 12.1 Å². The van der Waals surface area contributed by atoms with Crippen LogP contribution in [0, 0.1) is 0 Å². The molecule has 0 aliphatic heterocycles. The number of halogens is 4. The zero-order chi connectivity index (χ0) is 10.2. The van der Waals surface area contributed by atoms with Crippen LogP contribution in [-0.4, -0.2) is 8.42 Å². The maximum absolute atomic E-state index is 11.1. The Hall–Kier alpha value is 0.900. The van der Waals surface area contributed by atoms with Crippen LogP contribution in [0.5, 0.6) is 0 Å². The van der Waals surface area contributed by atoms with Crippen LogP contribution in [0.15, 0.2) is 30.4 Å².